The molecule has 2 aromatic rings. The minimum absolute atomic E-state index is 0.162. The normalized spacial score (nSPS) is 16.2. The summed E-state index contributed by atoms with van der Waals surface area (Å²) in [6.07, 6.45) is 8.06. The van der Waals surface area contributed by atoms with Crippen molar-refractivity contribution < 1.29 is 5.11 Å². The van der Waals surface area contributed by atoms with Crippen molar-refractivity contribution in [1.82, 2.24) is 4.98 Å². The molecule has 0 spiro atoms. The summed E-state index contributed by atoms with van der Waals surface area (Å²) >= 11 is 0. The molecule has 0 bridgehead atoms. The molecule has 1 aromatic carbocycles. The average molecular weight is 285 g/mol. The molecular formula is C17H23N3O. The van der Waals surface area contributed by atoms with Gasteiger partial charge in [-0.3, -0.25) is 4.98 Å². The summed E-state index contributed by atoms with van der Waals surface area (Å²) in [4.78, 5) is 6.86. The molecule has 3 rings (SSSR count). The molecule has 0 aliphatic heterocycles. The highest BCUT2D eigenvalue weighted by molar-refractivity contribution is 5.98. The van der Waals surface area contributed by atoms with E-state index in [1.54, 1.807) is 0 Å². The minimum atomic E-state index is 0.162. The van der Waals surface area contributed by atoms with Crippen LogP contribution in [0.5, 0.6) is 0 Å². The quantitative estimate of drug-likeness (QED) is 0.848. The molecule has 1 aliphatic carbocycles. The fourth-order valence-electron chi connectivity index (χ4n) is 3.41. The first kappa shape index (κ1) is 14.1. The Hall–Kier alpha value is -1.81. The van der Waals surface area contributed by atoms with Crippen LogP contribution in [-0.2, 0) is 0 Å². The van der Waals surface area contributed by atoms with E-state index in [1.165, 1.54) is 32.1 Å². The summed E-state index contributed by atoms with van der Waals surface area (Å²) in [6.45, 7) is 0.815. The summed E-state index contributed by atoms with van der Waals surface area (Å²) in [5, 5.41) is 10.5. The van der Waals surface area contributed by atoms with Gasteiger partial charge in [-0.15, -0.1) is 0 Å². The van der Waals surface area contributed by atoms with Crippen LogP contribution in [0.3, 0.4) is 0 Å². The molecule has 1 aromatic heterocycles. The van der Waals surface area contributed by atoms with Gasteiger partial charge in [0.2, 0.25) is 0 Å². The van der Waals surface area contributed by atoms with Gasteiger partial charge in [0.05, 0.1) is 17.8 Å². The molecule has 1 saturated carbocycles. The van der Waals surface area contributed by atoms with Crippen molar-refractivity contribution in [2.45, 2.75) is 38.1 Å². The van der Waals surface area contributed by atoms with E-state index in [4.69, 9.17) is 5.73 Å². The summed E-state index contributed by atoms with van der Waals surface area (Å²) in [7, 11) is 0. The van der Waals surface area contributed by atoms with Crippen LogP contribution in [0.15, 0.2) is 30.5 Å². The van der Waals surface area contributed by atoms with E-state index >= 15 is 0 Å². The number of benzene rings is 1. The molecule has 0 saturated heterocycles. The lowest BCUT2D eigenvalue weighted by Crippen LogP contribution is -2.39. The molecule has 4 heteroatoms. The Morgan fingerprint density at radius 1 is 1.19 bits per heavy atom. The second-order valence-corrected chi connectivity index (χ2v) is 5.78. The van der Waals surface area contributed by atoms with Crippen molar-refractivity contribution in [2.24, 2.45) is 0 Å². The summed E-state index contributed by atoms with van der Waals surface area (Å²) < 4.78 is 0. The minimum Gasteiger partial charge on any atom is -0.398 e. The first-order valence-electron chi connectivity index (χ1n) is 7.82. The van der Waals surface area contributed by atoms with Crippen LogP contribution in [0.1, 0.15) is 32.1 Å². The molecule has 3 N–H and O–H groups in total. The van der Waals surface area contributed by atoms with E-state index in [2.05, 4.69) is 16.0 Å². The number of nitrogens with zero attached hydrogens (tertiary/aromatic N) is 2. The van der Waals surface area contributed by atoms with E-state index in [1.807, 2.05) is 24.4 Å². The SMILES string of the molecule is Nc1ccc(N(CCO)C2CCCCC2)c2ncccc12. The van der Waals surface area contributed by atoms with Gasteiger partial charge in [-0.05, 0) is 37.1 Å². The average Bonchev–Trinajstić information content (AvgIpc) is 2.55. The number of nitrogens with two attached hydrogens (primary N) is 1. The number of anilines is 2. The zero-order valence-corrected chi connectivity index (χ0v) is 12.3. The van der Waals surface area contributed by atoms with Gasteiger partial charge in [-0.1, -0.05) is 19.3 Å². The Kier molecular flexibility index (Phi) is 4.25. The first-order chi connectivity index (χ1) is 10.3. The topological polar surface area (TPSA) is 62.4 Å². The van der Waals surface area contributed by atoms with Gasteiger partial charge in [-0.25, -0.2) is 0 Å². The molecule has 0 atom stereocenters. The number of hydrogen-bond acceptors (Lipinski definition) is 4. The molecule has 112 valence electrons. The van der Waals surface area contributed by atoms with Gasteiger partial charge in [0, 0.05) is 29.9 Å². The summed E-state index contributed by atoms with van der Waals surface area (Å²) in [5.74, 6) is 0. The van der Waals surface area contributed by atoms with Crippen LogP contribution in [0.25, 0.3) is 10.9 Å². The van der Waals surface area contributed by atoms with Crippen molar-refractivity contribution in [2.75, 3.05) is 23.8 Å². The number of aliphatic hydroxyl groups excluding tert-OH is 1. The van der Waals surface area contributed by atoms with Gasteiger partial charge in [0.15, 0.2) is 0 Å². The summed E-state index contributed by atoms with van der Waals surface area (Å²) in [5.41, 5.74) is 8.87. The van der Waals surface area contributed by atoms with Crippen molar-refractivity contribution in [3.05, 3.63) is 30.5 Å². The third-order valence-corrected chi connectivity index (χ3v) is 4.45. The predicted octanol–water partition coefficient (Wildman–Crippen LogP) is 2.95. The second-order valence-electron chi connectivity index (χ2n) is 5.78. The van der Waals surface area contributed by atoms with Gasteiger partial charge in [0.25, 0.3) is 0 Å². The van der Waals surface area contributed by atoms with E-state index in [0.717, 1.165) is 22.3 Å². The molecule has 1 heterocycles. The van der Waals surface area contributed by atoms with Gasteiger partial charge in [-0.2, -0.15) is 0 Å². The number of pyridine rings is 1. The highest BCUT2D eigenvalue weighted by Gasteiger charge is 2.23. The third-order valence-electron chi connectivity index (χ3n) is 4.45. The Morgan fingerprint density at radius 2 is 2.00 bits per heavy atom. The largest absolute Gasteiger partial charge is 0.398 e. The number of aliphatic hydroxyl groups is 1. The van der Waals surface area contributed by atoms with Crippen molar-refractivity contribution in [1.29, 1.82) is 0 Å². The fraction of sp³-hybridized carbons (Fsp3) is 0.471. The molecule has 0 unspecified atom stereocenters. The third kappa shape index (κ3) is 2.81. The molecule has 0 radical (unpaired) electrons. The number of rotatable bonds is 4. The lowest BCUT2D eigenvalue weighted by Gasteiger charge is -2.36. The molecule has 1 fully saturated rings. The number of aromatic nitrogens is 1. The zero-order chi connectivity index (χ0) is 14.7. The predicted molar refractivity (Wildman–Crippen MR) is 87.5 cm³/mol. The Bertz CT molecular complexity index is 608. The molecule has 0 amide bonds. The van der Waals surface area contributed by atoms with E-state index in [-0.39, 0.29) is 6.61 Å². The van der Waals surface area contributed by atoms with E-state index in [9.17, 15) is 5.11 Å². The van der Waals surface area contributed by atoms with Gasteiger partial charge >= 0.3 is 0 Å². The Morgan fingerprint density at radius 3 is 2.76 bits per heavy atom. The van der Waals surface area contributed by atoms with Crippen LogP contribution in [0.4, 0.5) is 11.4 Å². The highest BCUT2D eigenvalue weighted by atomic mass is 16.3. The molecule has 4 nitrogen and oxygen atoms in total. The van der Waals surface area contributed by atoms with E-state index in [0.29, 0.717) is 12.6 Å². The molecule has 21 heavy (non-hydrogen) atoms. The van der Waals surface area contributed by atoms with Crippen LogP contribution >= 0.6 is 0 Å². The number of hydrogen-bond donors (Lipinski definition) is 2. The van der Waals surface area contributed by atoms with Crippen LogP contribution in [0, 0.1) is 0 Å². The van der Waals surface area contributed by atoms with E-state index < -0.39 is 0 Å². The lowest BCUT2D eigenvalue weighted by molar-refractivity contribution is 0.290. The lowest BCUT2D eigenvalue weighted by atomic mass is 9.93. The molecule has 1 aliphatic rings. The smallest absolute Gasteiger partial charge is 0.0956 e. The molecular weight excluding hydrogens is 262 g/mol. The van der Waals surface area contributed by atoms with Crippen molar-refractivity contribution in [3.8, 4) is 0 Å². The van der Waals surface area contributed by atoms with Crippen molar-refractivity contribution in [3.63, 3.8) is 0 Å². The Balaban J connectivity index is 2.04. The standard InChI is InChI=1S/C17H23N3O/c18-15-8-9-16(17-14(15)7-4-10-19-17)20(11-12-21)13-5-2-1-3-6-13/h4,7-10,13,21H,1-3,5-6,11-12,18H2. The zero-order valence-electron chi connectivity index (χ0n) is 12.3. The highest BCUT2D eigenvalue weighted by Crippen LogP contribution is 2.33. The van der Waals surface area contributed by atoms with Gasteiger partial charge < -0.3 is 15.7 Å². The maximum absolute atomic E-state index is 9.47. The maximum atomic E-state index is 9.47. The summed E-state index contributed by atoms with van der Waals surface area (Å²) in [6, 6.07) is 8.43. The Labute approximate surface area is 125 Å². The number of nitrogen functional groups attached to an aromatic ring is 1. The van der Waals surface area contributed by atoms with Gasteiger partial charge in [0.1, 0.15) is 0 Å². The maximum Gasteiger partial charge on any atom is 0.0956 e. The van der Waals surface area contributed by atoms with Crippen LogP contribution in [-0.4, -0.2) is 29.3 Å². The number of fused-ring (bicyclic) bond motifs is 1. The van der Waals surface area contributed by atoms with Crippen LogP contribution < -0.4 is 10.6 Å². The first-order valence-corrected chi connectivity index (χ1v) is 7.82. The van der Waals surface area contributed by atoms with Crippen molar-refractivity contribution >= 4 is 22.3 Å². The van der Waals surface area contributed by atoms with Crippen LogP contribution in [0.2, 0.25) is 0 Å². The monoisotopic (exact) mass is 285 g/mol. The fourth-order valence-corrected chi connectivity index (χ4v) is 3.41. The second kappa shape index (κ2) is 6.31.